The first-order valence-electron chi connectivity index (χ1n) is 11.9. The Bertz CT molecular complexity index is 737. The molecular weight excluding hydrogens is 480 g/mol. The highest BCUT2D eigenvalue weighted by Crippen LogP contribution is 2.28. The van der Waals surface area contributed by atoms with Crippen molar-refractivity contribution in [3.05, 3.63) is 71.8 Å². The molecule has 196 valence electrons. The summed E-state index contributed by atoms with van der Waals surface area (Å²) in [5, 5.41) is 7.62. The molecule has 0 aliphatic heterocycles. The molecule has 2 rings (SSSR count). The average Bonchev–Trinajstić information content (AvgIpc) is 2.94. The van der Waals surface area contributed by atoms with Gasteiger partial charge >= 0.3 is 17.6 Å². The van der Waals surface area contributed by atoms with Crippen LogP contribution in [0.25, 0.3) is 0 Å². The Kier molecular flexibility index (Phi) is 12.7. The van der Waals surface area contributed by atoms with E-state index in [1.807, 2.05) is 12.1 Å². The zero-order chi connectivity index (χ0) is 25.6. The van der Waals surface area contributed by atoms with Gasteiger partial charge in [-0.05, 0) is 37.1 Å². The van der Waals surface area contributed by atoms with Crippen LogP contribution in [0.2, 0.25) is 12.1 Å². The fraction of sp³-hybridized carbons (Fsp3) is 0.520. The van der Waals surface area contributed by atoms with Crippen molar-refractivity contribution in [1.29, 1.82) is 0 Å². The van der Waals surface area contributed by atoms with Gasteiger partial charge in [0.1, 0.15) is 5.66 Å². The molecular formula is C25H42N2O6Si2. The van der Waals surface area contributed by atoms with Gasteiger partial charge in [0.25, 0.3) is 0 Å². The summed E-state index contributed by atoms with van der Waals surface area (Å²) < 4.78 is 33.6. The molecule has 0 atom stereocenters. The average molecular weight is 523 g/mol. The molecule has 0 aromatic heterocycles. The molecule has 0 aliphatic carbocycles. The van der Waals surface area contributed by atoms with Crippen LogP contribution in [0.4, 0.5) is 0 Å². The fourth-order valence-electron chi connectivity index (χ4n) is 4.29. The van der Waals surface area contributed by atoms with Crippen molar-refractivity contribution in [3.63, 3.8) is 0 Å². The van der Waals surface area contributed by atoms with Crippen LogP contribution >= 0.6 is 0 Å². The summed E-state index contributed by atoms with van der Waals surface area (Å²) in [6.07, 6.45) is 1.66. The highest BCUT2D eigenvalue weighted by atomic mass is 28.4. The predicted octanol–water partition coefficient (Wildman–Crippen LogP) is 3.60. The van der Waals surface area contributed by atoms with E-state index in [2.05, 4.69) is 59.2 Å². The summed E-state index contributed by atoms with van der Waals surface area (Å²) in [7, 11) is 4.62. The molecule has 2 aromatic rings. The quantitative estimate of drug-likeness (QED) is 0.175. The van der Waals surface area contributed by atoms with Crippen LogP contribution in [0, 0.1) is 0 Å². The van der Waals surface area contributed by atoms with Gasteiger partial charge in [0, 0.05) is 54.7 Å². The van der Waals surface area contributed by atoms with E-state index >= 15 is 0 Å². The minimum Gasteiger partial charge on any atom is -0.377 e. The van der Waals surface area contributed by atoms with Gasteiger partial charge in [-0.2, -0.15) is 0 Å². The third kappa shape index (κ3) is 7.77. The molecule has 0 fully saturated rings. The largest absolute Gasteiger partial charge is 0.500 e. The van der Waals surface area contributed by atoms with Gasteiger partial charge in [0.05, 0.1) is 0 Å². The van der Waals surface area contributed by atoms with Crippen molar-refractivity contribution in [1.82, 2.24) is 10.6 Å². The molecule has 0 amide bonds. The van der Waals surface area contributed by atoms with E-state index in [9.17, 15) is 0 Å². The number of benzene rings is 2. The summed E-state index contributed by atoms with van der Waals surface area (Å²) in [5.74, 6) is 0. The van der Waals surface area contributed by atoms with Gasteiger partial charge in [-0.1, -0.05) is 60.7 Å². The maximum absolute atomic E-state index is 5.60. The van der Waals surface area contributed by atoms with Crippen LogP contribution in [0.15, 0.2) is 60.7 Å². The van der Waals surface area contributed by atoms with Crippen molar-refractivity contribution in [2.24, 2.45) is 0 Å². The predicted molar refractivity (Wildman–Crippen MR) is 142 cm³/mol. The molecule has 0 bridgehead atoms. The topological polar surface area (TPSA) is 79.4 Å². The van der Waals surface area contributed by atoms with E-state index < -0.39 is 23.3 Å². The third-order valence-electron chi connectivity index (χ3n) is 6.38. The second-order valence-corrected chi connectivity index (χ2v) is 14.3. The number of rotatable bonds is 18. The van der Waals surface area contributed by atoms with Crippen molar-refractivity contribution >= 4 is 17.6 Å². The summed E-state index contributed by atoms with van der Waals surface area (Å²) in [6, 6.07) is 22.3. The fourth-order valence-corrected chi connectivity index (χ4v) is 7.73. The molecule has 10 heteroatoms. The molecule has 0 radical (unpaired) electrons. The van der Waals surface area contributed by atoms with Crippen LogP contribution in [0.5, 0.6) is 0 Å². The lowest BCUT2D eigenvalue weighted by Gasteiger charge is -2.38. The molecule has 0 heterocycles. The second kappa shape index (κ2) is 15.0. The summed E-state index contributed by atoms with van der Waals surface area (Å²) in [6.45, 7) is 1.46. The molecule has 0 saturated heterocycles. The Labute approximate surface area is 213 Å². The summed E-state index contributed by atoms with van der Waals surface area (Å²) in [5.41, 5.74) is 1.68. The van der Waals surface area contributed by atoms with Crippen molar-refractivity contribution in [2.45, 2.75) is 30.6 Å². The smallest absolute Gasteiger partial charge is 0.377 e. The van der Waals surface area contributed by atoms with Gasteiger partial charge in [0.15, 0.2) is 0 Å². The first kappa shape index (κ1) is 29.8. The Morgan fingerprint density at radius 1 is 0.543 bits per heavy atom. The van der Waals surface area contributed by atoms with E-state index in [1.54, 1.807) is 42.7 Å². The van der Waals surface area contributed by atoms with E-state index in [4.69, 9.17) is 26.6 Å². The normalized spacial score (nSPS) is 12.7. The van der Waals surface area contributed by atoms with Gasteiger partial charge < -0.3 is 26.6 Å². The highest BCUT2D eigenvalue weighted by Gasteiger charge is 2.39. The number of hydrogen-bond donors (Lipinski definition) is 2. The van der Waals surface area contributed by atoms with Gasteiger partial charge in [-0.15, -0.1) is 0 Å². The molecule has 0 spiro atoms. The number of hydrogen-bond acceptors (Lipinski definition) is 8. The summed E-state index contributed by atoms with van der Waals surface area (Å²) in [4.78, 5) is 0. The zero-order valence-corrected chi connectivity index (χ0v) is 24.0. The molecule has 0 saturated carbocycles. The Morgan fingerprint density at radius 2 is 0.857 bits per heavy atom. The monoisotopic (exact) mass is 522 g/mol. The lowest BCUT2D eigenvalue weighted by atomic mass is 9.90. The molecule has 2 N–H and O–H groups in total. The Morgan fingerprint density at radius 3 is 1.14 bits per heavy atom. The Balaban J connectivity index is 2.26. The Hall–Kier alpha value is -1.45. The van der Waals surface area contributed by atoms with Gasteiger partial charge in [-0.25, -0.2) is 0 Å². The van der Waals surface area contributed by atoms with Crippen LogP contribution < -0.4 is 10.6 Å². The van der Waals surface area contributed by atoms with E-state index in [0.29, 0.717) is 12.1 Å². The summed E-state index contributed by atoms with van der Waals surface area (Å²) >= 11 is 0. The molecule has 0 aliphatic rings. The molecule has 0 unspecified atom stereocenters. The van der Waals surface area contributed by atoms with Crippen molar-refractivity contribution in [3.8, 4) is 0 Å². The molecule has 8 nitrogen and oxygen atoms in total. The van der Waals surface area contributed by atoms with Crippen molar-refractivity contribution < 1.29 is 26.6 Å². The molecule has 35 heavy (non-hydrogen) atoms. The highest BCUT2D eigenvalue weighted by molar-refractivity contribution is 6.60. The van der Waals surface area contributed by atoms with E-state index in [-0.39, 0.29) is 0 Å². The first-order valence-corrected chi connectivity index (χ1v) is 15.8. The second-order valence-electron chi connectivity index (χ2n) is 8.13. The van der Waals surface area contributed by atoms with Crippen molar-refractivity contribution in [2.75, 3.05) is 55.7 Å². The minimum atomic E-state index is -2.63. The standard InChI is InChI=1S/C25H42N2O6Si2/c1-28-34(29-2,30-3)21-13-19-26-25(23-15-9-7-10-16-23,24-17-11-8-12-18-24)27-20-14-22-35(31-4,32-5)33-6/h7-12,15-18,26-27H,13-14,19-22H2,1-6H3. The van der Waals surface area contributed by atoms with Gasteiger partial charge in [-0.3, -0.25) is 10.6 Å². The maximum Gasteiger partial charge on any atom is 0.500 e. The minimum absolute atomic E-state index is 0.586. The van der Waals surface area contributed by atoms with Crippen LogP contribution in [0.1, 0.15) is 24.0 Å². The number of nitrogens with one attached hydrogen (secondary N) is 2. The lowest BCUT2D eigenvalue weighted by molar-refractivity contribution is 0.122. The SMILES string of the molecule is CO[Si](CCCNC(NCCC[Si](OC)(OC)OC)(c1ccccc1)c1ccccc1)(OC)OC. The van der Waals surface area contributed by atoms with Crippen LogP contribution in [-0.2, 0) is 32.2 Å². The van der Waals surface area contributed by atoms with E-state index in [1.165, 1.54) is 0 Å². The van der Waals surface area contributed by atoms with E-state index in [0.717, 1.165) is 37.1 Å². The first-order chi connectivity index (χ1) is 17.0. The lowest BCUT2D eigenvalue weighted by Crippen LogP contribution is -2.56. The zero-order valence-electron chi connectivity index (χ0n) is 22.0. The third-order valence-corrected chi connectivity index (χ3v) is 12.0. The van der Waals surface area contributed by atoms with Crippen LogP contribution in [0.3, 0.4) is 0 Å². The van der Waals surface area contributed by atoms with Crippen LogP contribution in [-0.4, -0.2) is 73.4 Å². The van der Waals surface area contributed by atoms with Gasteiger partial charge in [0.2, 0.25) is 0 Å². The molecule has 2 aromatic carbocycles. The maximum atomic E-state index is 5.60.